The number of aliphatic hydroxyl groups excluding tert-OH is 1. The minimum atomic E-state index is -0.704. The molecule has 0 saturated heterocycles. The minimum absolute atomic E-state index is 0.609. The van der Waals surface area contributed by atoms with Gasteiger partial charge in [0.1, 0.15) is 6.10 Å². The molecule has 0 fully saturated rings. The molecule has 2 aromatic rings. The van der Waals surface area contributed by atoms with Gasteiger partial charge in [-0.3, -0.25) is 0 Å². The van der Waals surface area contributed by atoms with Crippen LogP contribution >= 0.6 is 0 Å². The van der Waals surface area contributed by atoms with E-state index in [9.17, 15) is 5.11 Å². The number of hydrogen-bond donors (Lipinski definition) is 1. The van der Waals surface area contributed by atoms with E-state index >= 15 is 0 Å². The molecule has 0 aliphatic rings. The molecule has 0 aromatic heterocycles. The average molecular weight is 287 g/mol. The van der Waals surface area contributed by atoms with Gasteiger partial charge in [0, 0.05) is 19.8 Å². The van der Waals surface area contributed by atoms with Crippen molar-refractivity contribution < 1.29 is 14.6 Å². The zero-order chi connectivity index (χ0) is 15.4. The van der Waals surface area contributed by atoms with Crippen LogP contribution < -0.4 is 14.4 Å². The van der Waals surface area contributed by atoms with Crippen molar-refractivity contribution in [2.45, 2.75) is 6.10 Å². The van der Waals surface area contributed by atoms with E-state index in [1.807, 2.05) is 49.3 Å². The summed E-state index contributed by atoms with van der Waals surface area (Å²) in [6.07, 6.45) is -0.704. The normalized spacial score (nSPS) is 11.9. The van der Waals surface area contributed by atoms with Crippen molar-refractivity contribution in [3.63, 3.8) is 0 Å². The molecule has 0 radical (unpaired) electrons. The smallest absolute Gasteiger partial charge is 0.161 e. The van der Waals surface area contributed by atoms with Gasteiger partial charge in [0.25, 0.3) is 0 Å². The van der Waals surface area contributed by atoms with E-state index in [0.29, 0.717) is 11.5 Å². The molecule has 0 saturated carbocycles. The maximum absolute atomic E-state index is 10.6. The van der Waals surface area contributed by atoms with Crippen LogP contribution in [0.25, 0.3) is 0 Å². The maximum atomic E-state index is 10.6. The van der Waals surface area contributed by atoms with Crippen molar-refractivity contribution in [3.05, 3.63) is 53.6 Å². The summed E-state index contributed by atoms with van der Waals surface area (Å²) in [5.41, 5.74) is 2.66. The fourth-order valence-corrected chi connectivity index (χ4v) is 2.19. The van der Waals surface area contributed by atoms with Crippen LogP contribution in [-0.4, -0.2) is 33.4 Å². The summed E-state index contributed by atoms with van der Waals surface area (Å²) < 4.78 is 10.5. The second-order valence-electron chi connectivity index (χ2n) is 5.01. The summed E-state index contributed by atoms with van der Waals surface area (Å²) in [7, 11) is 7.12. The highest BCUT2D eigenvalue weighted by molar-refractivity contribution is 5.50. The van der Waals surface area contributed by atoms with E-state index in [4.69, 9.17) is 9.47 Å². The third kappa shape index (κ3) is 3.28. The molecule has 4 nitrogen and oxygen atoms in total. The number of rotatable bonds is 5. The number of hydrogen-bond acceptors (Lipinski definition) is 4. The van der Waals surface area contributed by atoms with Crippen LogP contribution in [0.2, 0.25) is 0 Å². The van der Waals surface area contributed by atoms with Gasteiger partial charge in [-0.05, 0) is 35.4 Å². The van der Waals surface area contributed by atoms with Gasteiger partial charge in [0.05, 0.1) is 14.2 Å². The first-order valence-corrected chi connectivity index (χ1v) is 6.74. The van der Waals surface area contributed by atoms with Crippen LogP contribution in [0.15, 0.2) is 42.5 Å². The molecule has 112 valence electrons. The number of anilines is 1. The topological polar surface area (TPSA) is 41.9 Å². The average Bonchev–Trinajstić information content (AvgIpc) is 2.53. The fraction of sp³-hybridized carbons (Fsp3) is 0.294. The van der Waals surface area contributed by atoms with Crippen LogP contribution in [0, 0.1) is 0 Å². The molecule has 0 aliphatic carbocycles. The Morgan fingerprint density at radius 3 is 2.19 bits per heavy atom. The van der Waals surface area contributed by atoms with E-state index in [-0.39, 0.29) is 0 Å². The lowest BCUT2D eigenvalue weighted by Crippen LogP contribution is -2.09. The van der Waals surface area contributed by atoms with Crippen molar-refractivity contribution in [1.82, 2.24) is 0 Å². The van der Waals surface area contributed by atoms with Gasteiger partial charge in [0.15, 0.2) is 11.5 Å². The van der Waals surface area contributed by atoms with Gasteiger partial charge in [-0.2, -0.15) is 0 Å². The Morgan fingerprint density at radius 2 is 1.57 bits per heavy atom. The van der Waals surface area contributed by atoms with E-state index in [0.717, 1.165) is 16.8 Å². The first-order chi connectivity index (χ1) is 10.1. The van der Waals surface area contributed by atoms with Crippen LogP contribution in [0.4, 0.5) is 5.69 Å². The maximum Gasteiger partial charge on any atom is 0.161 e. The molecule has 2 rings (SSSR count). The number of nitrogens with zero attached hydrogens (tertiary/aromatic N) is 1. The molecule has 0 bridgehead atoms. The Hall–Kier alpha value is -2.20. The standard InChI is InChI=1S/C17H21NO3/c1-18(2)14-7-5-6-12(10-14)17(19)13-8-9-15(20-3)16(11-13)21-4/h5-11,17,19H,1-4H3. The second kappa shape index (κ2) is 6.50. The summed E-state index contributed by atoms with van der Waals surface area (Å²) in [4.78, 5) is 2.00. The van der Waals surface area contributed by atoms with Gasteiger partial charge >= 0.3 is 0 Å². The largest absolute Gasteiger partial charge is 0.493 e. The zero-order valence-corrected chi connectivity index (χ0v) is 12.8. The molecule has 1 N–H and O–H groups in total. The summed E-state index contributed by atoms with van der Waals surface area (Å²) in [5, 5.41) is 10.6. The van der Waals surface area contributed by atoms with E-state index in [2.05, 4.69) is 0 Å². The molecule has 0 amide bonds. The molecule has 1 atom stereocenters. The van der Waals surface area contributed by atoms with Gasteiger partial charge in [-0.1, -0.05) is 18.2 Å². The number of aliphatic hydroxyl groups is 1. The summed E-state index contributed by atoms with van der Waals surface area (Å²) in [5.74, 6) is 1.26. The predicted molar refractivity (Wildman–Crippen MR) is 84.4 cm³/mol. The van der Waals surface area contributed by atoms with Crippen LogP contribution in [-0.2, 0) is 0 Å². The second-order valence-corrected chi connectivity index (χ2v) is 5.01. The fourth-order valence-electron chi connectivity index (χ4n) is 2.19. The Morgan fingerprint density at radius 1 is 0.905 bits per heavy atom. The molecule has 21 heavy (non-hydrogen) atoms. The SMILES string of the molecule is COc1ccc(C(O)c2cccc(N(C)C)c2)cc1OC. The van der Waals surface area contributed by atoms with Gasteiger partial charge in [-0.15, -0.1) is 0 Å². The lowest BCUT2D eigenvalue weighted by molar-refractivity contribution is 0.219. The zero-order valence-electron chi connectivity index (χ0n) is 12.8. The monoisotopic (exact) mass is 287 g/mol. The van der Waals surface area contributed by atoms with Crippen LogP contribution in [0.1, 0.15) is 17.2 Å². The van der Waals surface area contributed by atoms with Crippen LogP contribution in [0.3, 0.4) is 0 Å². The Kier molecular flexibility index (Phi) is 4.70. The van der Waals surface area contributed by atoms with Gasteiger partial charge in [-0.25, -0.2) is 0 Å². The summed E-state index contributed by atoms with van der Waals surface area (Å²) in [6, 6.07) is 13.3. The quantitative estimate of drug-likeness (QED) is 0.918. The lowest BCUT2D eigenvalue weighted by atomic mass is 10.0. The first kappa shape index (κ1) is 15.2. The van der Waals surface area contributed by atoms with Crippen molar-refractivity contribution >= 4 is 5.69 Å². The van der Waals surface area contributed by atoms with E-state index in [1.54, 1.807) is 26.4 Å². The Labute approximate surface area is 125 Å². The molecular weight excluding hydrogens is 266 g/mol. The minimum Gasteiger partial charge on any atom is -0.493 e. The highest BCUT2D eigenvalue weighted by atomic mass is 16.5. The molecule has 2 aromatic carbocycles. The van der Waals surface area contributed by atoms with Crippen molar-refractivity contribution in [1.29, 1.82) is 0 Å². The predicted octanol–water partition coefficient (Wildman–Crippen LogP) is 2.85. The molecule has 0 aliphatic heterocycles. The Balaban J connectivity index is 2.35. The summed E-state index contributed by atoms with van der Waals surface area (Å²) >= 11 is 0. The Bertz CT molecular complexity index is 611. The highest BCUT2D eigenvalue weighted by Crippen LogP contribution is 2.32. The van der Waals surface area contributed by atoms with E-state index < -0.39 is 6.10 Å². The molecule has 1 unspecified atom stereocenters. The number of ether oxygens (including phenoxy) is 2. The van der Waals surface area contributed by atoms with Crippen molar-refractivity contribution in [2.24, 2.45) is 0 Å². The highest BCUT2D eigenvalue weighted by Gasteiger charge is 2.14. The number of benzene rings is 2. The van der Waals surface area contributed by atoms with Crippen molar-refractivity contribution in [3.8, 4) is 11.5 Å². The van der Waals surface area contributed by atoms with Crippen LogP contribution in [0.5, 0.6) is 11.5 Å². The third-order valence-electron chi connectivity index (χ3n) is 3.43. The summed E-state index contributed by atoms with van der Waals surface area (Å²) in [6.45, 7) is 0. The van der Waals surface area contributed by atoms with Gasteiger partial charge in [0.2, 0.25) is 0 Å². The molecule has 0 heterocycles. The molecular formula is C17H21NO3. The number of methoxy groups -OCH3 is 2. The van der Waals surface area contributed by atoms with Crippen molar-refractivity contribution in [2.75, 3.05) is 33.2 Å². The first-order valence-electron chi connectivity index (χ1n) is 6.74. The lowest BCUT2D eigenvalue weighted by Gasteiger charge is -2.17. The van der Waals surface area contributed by atoms with Gasteiger partial charge < -0.3 is 19.5 Å². The third-order valence-corrected chi connectivity index (χ3v) is 3.43. The van der Waals surface area contributed by atoms with E-state index in [1.165, 1.54) is 0 Å². The molecule has 0 spiro atoms. The molecule has 4 heteroatoms.